The molecule has 0 saturated carbocycles. The molecule has 0 unspecified atom stereocenters. The van der Waals surface area contributed by atoms with Crippen molar-refractivity contribution in [1.29, 1.82) is 0 Å². The van der Waals surface area contributed by atoms with Gasteiger partial charge in [-0.15, -0.1) is 5.10 Å². The number of carbonyl (C=O) groups is 1. The highest BCUT2D eigenvalue weighted by Crippen LogP contribution is 2.30. The Kier molecular flexibility index (Phi) is 12.9. The minimum Gasteiger partial charge on any atom is -0.341 e. The zero-order valence-electron chi connectivity index (χ0n) is 23.1. The Morgan fingerprint density at radius 2 is 1.16 bits per heavy atom. The molecular weight excluding hydrogens is 456 g/mol. The highest BCUT2D eigenvalue weighted by molar-refractivity contribution is 5.81. The predicted molar refractivity (Wildman–Crippen MR) is 154 cm³/mol. The molecule has 1 amide bonds. The van der Waals surface area contributed by atoms with Gasteiger partial charge in [-0.2, -0.15) is 0 Å². The highest BCUT2D eigenvalue weighted by Gasteiger charge is 2.21. The maximum Gasteiger partial charge on any atom is 0.244 e. The summed E-state index contributed by atoms with van der Waals surface area (Å²) < 4.78 is 1.80. The van der Waals surface area contributed by atoms with Gasteiger partial charge >= 0.3 is 0 Å². The first kappa shape index (κ1) is 28.6. The third-order valence-corrected chi connectivity index (χ3v) is 7.03. The normalized spacial score (nSPS) is 11.1. The van der Waals surface area contributed by atoms with Gasteiger partial charge in [0.1, 0.15) is 12.2 Å². The van der Waals surface area contributed by atoms with Crippen molar-refractivity contribution in [2.24, 2.45) is 0 Å². The van der Waals surface area contributed by atoms with Crippen LogP contribution in [-0.4, -0.2) is 38.9 Å². The molecule has 0 saturated heterocycles. The summed E-state index contributed by atoms with van der Waals surface area (Å²) in [5.74, 6) is 0.142. The number of hydrogen-bond donors (Lipinski definition) is 0. The second-order valence-electron chi connectivity index (χ2n) is 10.1. The number of hydrogen-bond acceptors (Lipinski definition) is 3. The average molecular weight is 503 g/mol. The van der Waals surface area contributed by atoms with Crippen molar-refractivity contribution >= 4 is 5.91 Å². The molecule has 37 heavy (non-hydrogen) atoms. The van der Waals surface area contributed by atoms with Crippen LogP contribution in [0.15, 0.2) is 60.7 Å². The molecule has 3 aromatic rings. The van der Waals surface area contributed by atoms with Crippen molar-refractivity contribution in [3.63, 3.8) is 0 Å². The summed E-state index contributed by atoms with van der Waals surface area (Å²) in [6.07, 6.45) is 14.8. The molecule has 0 fully saturated rings. The van der Waals surface area contributed by atoms with Gasteiger partial charge < -0.3 is 4.90 Å². The molecule has 0 aliphatic rings. The minimum atomic E-state index is 0.142. The van der Waals surface area contributed by atoms with Gasteiger partial charge in [0.2, 0.25) is 5.91 Å². The van der Waals surface area contributed by atoms with E-state index in [0.717, 1.165) is 48.4 Å². The van der Waals surface area contributed by atoms with E-state index in [-0.39, 0.29) is 12.5 Å². The first-order chi connectivity index (χ1) is 18.2. The fourth-order valence-corrected chi connectivity index (χ4v) is 4.85. The van der Waals surface area contributed by atoms with Crippen LogP contribution in [0, 0.1) is 0 Å². The van der Waals surface area contributed by atoms with Crippen LogP contribution in [0.1, 0.15) is 90.9 Å². The minimum absolute atomic E-state index is 0.142. The molecule has 3 rings (SSSR count). The third kappa shape index (κ3) is 9.46. The smallest absolute Gasteiger partial charge is 0.244 e. The van der Waals surface area contributed by atoms with E-state index in [1.807, 2.05) is 48.5 Å². The van der Waals surface area contributed by atoms with Crippen molar-refractivity contribution in [2.45, 2.75) is 97.4 Å². The first-order valence-electron chi connectivity index (χ1n) is 14.6. The summed E-state index contributed by atoms with van der Waals surface area (Å²) in [7, 11) is 0. The van der Waals surface area contributed by atoms with Crippen LogP contribution in [0.3, 0.4) is 0 Å². The molecule has 0 radical (unpaired) electrons. The van der Waals surface area contributed by atoms with Gasteiger partial charge in [0.05, 0.1) is 5.69 Å². The molecule has 0 aliphatic heterocycles. The maximum atomic E-state index is 13.6. The topological polar surface area (TPSA) is 51.0 Å². The van der Waals surface area contributed by atoms with Crippen LogP contribution in [0.4, 0.5) is 0 Å². The maximum absolute atomic E-state index is 13.6. The lowest BCUT2D eigenvalue weighted by molar-refractivity contribution is -0.132. The Morgan fingerprint density at radius 1 is 0.676 bits per heavy atom. The van der Waals surface area contributed by atoms with Crippen molar-refractivity contribution in [3.05, 3.63) is 60.7 Å². The summed E-state index contributed by atoms with van der Waals surface area (Å²) in [6.45, 7) is 6.38. The third-order valence-electron chi connectivity index (χ3n) is 7.03. The predicted octanol–water partition coefficient (Wildman–Crippen LogP) is 8.16. The van der Waals surface area contributed by atoms with Crippen molar-refractivity contribution in [1.82, 2.24) is 19.9 Å². The fraction of sp³-hybridized carbons (Fsp3) is 0.531. The number of benzene rings is 2. The monoisotopic (exact) mass is 502 g/mol. The largest absolute Gasteiger partial charge is 0.341 e. The number of carbonyl (C=O) groups excluding carboxylic acids is 1. The quantitative estimate of drug-likeness (QED) is 0.165. The van der Waals surface area contributed by atoms with E-state index >= 15 is 0 Å². The standard InChI is InChI=1S/C32H46N4O/c1-3-5-7-9-11-19-25-35(26-20-12-10-8-6-4-2)30(37)27-36-32(29-23-17-14-18-24-29)31(33-34-36)28-21-15-13-16-22-28/h13-18,21-24H,3-12,19-20,25-27H2,1-2H3. The van der Waals surface area contributed by atoms with Crippen LogP contribution in [-0.2, 0) is 11.3 Å². The zero-order chi connectivity index (χ0) is 26.1. The fourth-order valence-electron chi connectivity index (χ4n) is 4.85. The summed E-state index contributed by atoms with van der Waals surface area (Å²) >= 11 is 0. The van der Waals surface area contributed by atoms with E-state index in [4.69, 9.17) is 0 Å². The number of aromatic nitrogens is 3. The molecule has 0 bridgehead atoms. The van der Waals surface area contributed by atoms with Crippen molar-refractivity contribution < 1.29 is 4.79 Å². The number of unbranched alkanes of at least 4 members (excludes halogenated alkanes) is 10. The SMILES string of the molecule is CCCCCCCCN(CCCCCCCC)C(=O)Cn1nnc(-c2ccccc2)c1-c1ccccc1. The molecule has 5 heteroatoms. The summed E-state index contributed by atoms with van der Waals surface area (Å²) in [5.41, 5.74) is 3.76. The number of rotatable bonds is 18. The number of nitrogens with zero attached hydrogens (tertiary/aromatic N) is 4. The molecule has 0 aliphatic carbocycles. The van der Waals surface area contributed by atoms with Gasteiger partial charge in [0.25, 0.3) is 0 Å². The Morgan fingerprint density at radius 3 is 1.70 bits per heavy atom. The van der Waals surface area contributed by atoms with E-state index in [2.05, 4.69) is 41.2 Å². The highest BCUT2D eigenvalue weighted by atomic mass is 16.2. The molecule has 1 heterocycles. The van der Waals surface area contributed by atoms with Crippen LogP contribution in [0.2, 0.25) is 0 Å². The van der Waals surface area contributed by atoms with Gasteiger partial charge in [-0.3, -0.25) is 4.79 Å². The lowest BCUT2D eigenvalue weighted by Crippen LogP contribution is -2.36. The van der Waals surface area contributed by atoms with Gasteiger partial charge in [-0.1, -0.05) is 144 Å². The van der Waals surface area contributed by atoms with Gasteiger partial charge in [0, 0.05) is 24.2 Å². The molecule has 0 spiro atoms. The summed E-state index contributed by atoms with van der Waals surface area (Å²) in [5, 5.41) is 9.00. The van der Waals surface area contributed by atoms with Gasteiger partial charge in [0.15, 0.2) is 0 Å². The second kappa shape index (κ2) is 16.7. The van der Waals surface area contributed by atoms with Crippen LogP contribution < -0.4 is 0 Å². The lowest BCUT2D eigenvalue weighted by atomic mass is 10.0. The van der Waals surface area contributed by atoms with E-state index < -0.39 is 0 Å². The van der Waals surface area contributed by atoms with Crippen molar-refractivity contribution in [3.8, 4) is 22.5 Å². The molecule has 200 valence electrons. The van der Waals surface area contributed by atoms with Crippen LogP contribution in [0.25, 0.3) is 22.5 Å². The molecular formula is C32H46N4O. The Hall–Kier alpha value is -2.95. The van der Waals surface area contributed by atoms with Gasteiger partial charge in [-0.25, -0.2) is 4.68 Å². The first-order valence-corrected chi connectivity index (χ1v) is 14.6. The Bertz CT molecular complexity index is 1000. The van der Waals surface area contributed by atoms with E-state index in [0.29, 0.717) is 0 Å². The molecule has 1 aromatic heterocycles. The molecule has 0 atom stereocenters. The molecule has 2 aromatic carbocycles. The molecule has 5 nitrogen and oxygen atoms in total. The van der Waals surface area contributed by atoms with E-state index in [1.54, 1.807) is 4.68 Å². The van der Waals surface area contributed by atoms with E-state index in [1.165, 1.54) is 64.2 Å². The Labute approximate surface area is 224 Å². The van der Waals surface area contributed by atoms with Crippen LogP contribution >= 0.6 is 0 Å². The zero-order valence-corrected chi connectivity index (χ0v) is 23.1. The summed E-state index contributed by atoms with van der Waals surface area (Å²) in [6, 6.07) is 20.3. The Balaban J connectivity index is 1.72. The van der Waals surface area contributed by atoms with Crippen molar-refractivity contribution in [2.75, 3.05) is 13.1 Å². The number of amides is 1. The second-order valence-corrected chi connectivity index (χ2v) is 10.1. The van der Waals surface area contributed by atoms with Crippen LogP contribution in [0.5, 0.6) is 0 Å². The van der Waals surface area contributed by atoms with Gasteiger partial charge in [-0.05, 0) is 12.8 Å². The van der Waals surface area contributed by atoms with E-state index in [9.17, 15) is 4.79 Å². The molecule has 0 N–H and O–H groups in total. The summed E-state index contributed by atoms with van der Waals surface area (Å²) in [4.78, 5) is 15.7. The average Bonchev–Trinajstić information content (AvgIpc) is 3.35. The lowest BCUT2D eigenvalue weighted by Gasteiger charge is -2.23.